The molecular weight excluding hydrogens is 365 g/mol. The van der Waals surface area contributed by atoms with E-state index in [9.17, 15) is 4.79 Å². The summed E-state index contributed by atoms with van der Waals surface area (Å²) in [6.45, 7) is 0. The third-order valence-corrected chi connectivity index (χ3v) is 5.10. The first-order valence-electron chi connectivity index (χ1n) is 7.22. The molecule has 0 radical (unpaired) electrons. The number of benzene rings is 2. The molecule has 0 saturated heterocycles. The highest BCUT2D eigenvalue weighted by atomic mass is 35.5. The number of Topliss-reactive ketones (excluding diaryl/α,β-unsaturated/α-hetero) is 1. The second-order valence-corrected chi connectivity index (χ2v) is 7.01. The summed E-state index contributed by atoms with van der Waals surface area (Å²) >= 11 is 13.4. The molecule has 3 aromatic rings. The van der Waals surface area contributed by atoms with Crippen molar-refractivity contribution in [2.75, 3.05) is 13.4 Å². The molecule has 24 heavy (non-hydrogen) atoms. The first-order chi connectivity index (χ1) is 11.5. The van der Waals surface area contributed by atoms with Gasteiger partial charge in [0.1, 0.15) is 0 Å². The minimum absolute atomic E-state index is 0.109. The lowest BCUT2D eigenvalue weighted by Gasteiger charge is -2.12. The van der Waals surface area contributed by atoms with Gasteiger partial charge in [-0.1, -0.05) is 41.4 Å². The van der Waals surface area contributed by atoms with Gasteiger partial charge in [-0.05, 0) is 36.1 Å². The summed E-state index contributed by atoms with van der Waals surface area (Å²) in [5, 5.41) is 2.19. The van der Waals surface area contributed by atoms with Crippen molar-refractivity contribution < 1.29 is 9.53 Å². The zero-order valence-corrected chi connectivity index (χ0v) is 15.4. The number of carbonyl (C=O) groups is 1. The van der Waals surface area contributed by atoms with Gasteiger partial charge in [0.05, 0.1) is 5.69 Å². The predicted octanol–water partition coefficient (Wildman–Crippen LogP) is 5.66. The number of aromatic amines is 1. The molecule has 0 fully saturated rings. The van der Waals surface area contributed by atoms with Gasteiger partial charge in [0.15, 0.2) is 5.44 Å². The van der Waals surface area contributed by atoms with Crippen LogP contribution in [0.25, 0.3) is 22.0 Å². The standard InChI is InChI=1S/C18H15Cl2NO2S/c1-23-18(24-2)17(22)16-15(10-3-5-11(19)6-4-10)13-8-7-12(20)9-14(13)21-16/h3-9,18,21H,1-2H3. The number of ether oxygens (including phenoxy) is 1. The molecule has 1 aromatic heterocycles. The van der Waals surface area contributed by atoms with E-state index in [0.717, 1.165) is 22.0 Å². The lowest BCUT2D eigenvalue weighted by Crippen LogP contribution is -2.20. The van der Waals surface area contributed by atoms with E-state index in [4.69, 9.17) is 27.9 Å². The number of rotatable bonds is 5. The molecule has 1 heterocycles. The summed E-state index contributed by atoms with van der Waals surface area (Å²) < 4.78 is 5.29. The number of carbonyl (C=O) groups excluding carboxylic acids is 1. The Morgan fingerprint density at radius 2 is 1.79 bits per heavy atom. The Kier molecular flexibility index (Phi) is 5.21. The number of aromatic nitrogens is 1. The largest absolute Gasteiger partial charge is 0.362 e. The van der Waals surface area contributed by atoms with Crippen molar-refractivity contribution in [2.45, 2.75) is 5.44 Å². The first kappa shape index (κ1) is 17.4. The molecule has 124 valence electrons. The van der Waals surface area contributed by atoms with E-state index in [1.165, 1.54) is 18.9 Å². The average Bonchev–Trinajstić information content (AvgIpc) is 2.95. The molecule has 0 spiro atoms. The monoisotopic (exact) mass is 379 g/mol. The number of hydrogen-bond donors (Lipinski definition) is 1. The van der Waals surface area contributed by atoms with E-state index in [1.54, 1.807) is 0 Å². The van der Waals surface area contributed by atoms with Crippen LogP contribution in [-0.2, 0) is 4.74 Å². The molecule has 3 nitrogen and oxygen atoms in total. The van der Waals surface area contributed by atoms with Crippen LogP contribution in [0.5, 0.6) is 0 Å². The maximum Gasteiger partial charge on any atom is 0.218 e. The Hall–Kier alpha value is -1.46. The summed E-state index contributed by atoms with van der Waals surface area (Å²) in [7, 11) is 1.53. The molecule has 1 N–H and O–H groups in total. The zero-order chi connectivity index (χ0) is 17.3. The maximum atomic E-state index is 12.9. The third-order valence-electron chi connectivity index (χ3n) is 3.78. The molecule has 3 rings (SSSR count). The normalized spacial score (nSPS) is 12.5. The lowest BCUT2D eigenvalue weighted by molar-refractivity contribution is 0.0791. The Labute approximate surface area is 154 Å². The predicted molar refractivity (Wildman–Crippen MR) is 102 cm³/mol. The maximum absolute atomic E-state index is 12.9. The number of halogens is 2. The van der Waals surface area contributed by atoms with Crippen LogP contribution in [0.1, 0.15) is 10.5 Å². The van der Waals surface area contributed by atoms with Crippen molar-refractivity contribution in [3.8, 4) is 11.1 Å². The van der Waals surface area contributed by atoms with Crippen molar-refractivity contribution in [3.63, 3.8) is 0 Å². The van der Waals surface area contributed by atoms with Gasteiger partial charge in [0.25, 0.3) is 0 Å². The third kappa shape index (κ3) is 3.20. The summed E-state index contributed by atoms with van der Waals surface area (Å²) in [6, 6.07) is 13.0. The van der Waals surface area contributed by atoms with Gasteiger partial charge in [-0.25, -0.2) is 0 Å². The van der Waals surface area contributed by atoms with Crippen LogP contribution in [0.3, 0.4) is 0 Å². The van der Waals surface area contributed by atoms with Gasteiger partial charge in [0.2, 0.25) is 5.78 Å². The van der Waals surface area contributed by atoms with E-state index in [2.05, 4.69) is 4.98 Å². The van der Waals surface area contributed by atoms with E-state index < -0.39 is 5.44 Å². The van der Waals surface area contributed by atoms with Crippen molar-refractivity contribution in [3.05, 3.63) is 58.2 Å². The summed E-state index contributed by atoms with van der Waals surface area (Å²) in [5.74, 6) is -0.109. The molecule has 0 aliphatic rings. The summed E-state index contributed by atoms with van der Waals surface area (Å²) in [5.41, 5.74) is 2.49. The summed E-state index contributed by atoms with van der Waals surface area (Å²) in [6.07, 6.45) is 1.84. The molecule has 0 aliphatic heterocycles. The Bertz CT molecular complexity index is 886. The van der Waals surface area contributed by atoms with Crippen molar-refractivity contribution in [1.82, 2.24) is 4.98 Å². The highest BCUT2D eigenvalue weighted by molar-refractivity contribution is 7.99. The Balaban J connectivity index is 2.25. The molecule has 2 aromatic carbocycles. The van der Waals surface area contributed by atoms with Gasteiger partial charge in [-0.3, -0.25) is 4.79 Å². The molecule has 1 atom stereocenters. The number of nitrogens with one attached hydrogen (secondary N) is 1. The topological polar surface area (TPSA) is 42.1 Å². The molecule has 0 amide bonds. The molecule has 1 unspecified atom stereocenters. The van der Waals surface area contributed by atoms with Crippen LogP contribution in [0.4, 0.5) is 0 Å². The fourth-order valence-corrected chi connectivity index (χ4v) is 3.52. The van der Waals surface area contributed by atoms with Gasteiger partial charge in [-0.15, -0.1) is 11.8 Å². The van der Waals surface area contributed by atoms with Gasteiger partial charge >= 0.3 is 0 Å². The highest BCUT2D eigenvalue weighted by Gasteiger charge is 2.25. The molecule has 0 aliphatic carbocycles. The van der Waals surface area contributed by atoms with Crippen LogP contribution in [0.2, 0.25) is 10.0 Å². The Morgan fingerprint density at radius 3 is 2.42 bits per heavy atom. The highest BCUT2D eigenvalue weighted by Crippen LogP contribution is 2.35. The van der Waals surface area contributed by atoms with Crippen LogP contribution in [0.15, 0.2) is 42.5 Å². The SMILES string of the molecule is COC(SC)C(=O)c1[nH]c2cc(Cl)ccc2c1-c1ccc(Cl)cc1. The Morgan fingerprint density at radius 1 is 1.12 bits per heavy atom. The average molecular weight is 380 g/mol. The smallest absolute Gasteiger partial charge is 0.218 e. The van der Waals surface area contributed by atoms with Crippen LogP contribution < -0.4 is 0 Å². The van der Waals surface area contributed by atoms with E-state index in [-0.39, 0.29) is 5.78 Å². The second-order valence-electron chi connectivity index (χ2n) is 5.24. The van der Waals surface area contributed by atoms with E-state index in [0.29, 0.717) is 15.7 Å². The number of hydrogen-bond acceptors (Lipinski definition) is 3. The fourth-order valence-electron chi connectivity index (χ4n) is 2.70. The quantitative estimate of drug-likeness (QED) is 0.459. The fraction of sp³-hybridized carbons (Fsp3) is 0.167. The minimum atomic E-state index is -0.570. The van der Waals surface area contributed by atoms with Gasteiger partial charge < -0.3 is 9.72 Å². The number of thioether (sulfide) groups is 1. The first-order valence-corrected chi connectivity index (χ1v) is 9.26. The molecular formula is C18H15Cl2NO2S. The van der Waals surface area contributed by atoms with E-state index >= 15 is 0 Å². The van der Waals surface area contributed by atoms with Crippen molar-refractivity contribution in [1.29, 1.82) is 0 Å². The number of methoxy groups -OCH3 is 1. The number of fused-ring (bicyclic) bond motifs is 1. The van der Waals surface area contributed by atoms with Crippen LogP contribution in [0, 0.1) is 0 Å². The van der Waals surface area contributed by atoms with Gasteiger partial charge in [-0.2, -0.15) is 0 Å². The number of ketones is 1. The van der Waals surface area contributed by atoms with Gasteiger partial charge in [0, 0.05) is 33.6 Å². The second kappa shape index (κ2) is 7.19. The van der Waals surface area contributed by atoms with Crippen molar-refractivity contribution in [2.24, 2.45) is 0 Å². The molecule has 0 saturated carbocycles. The molecule has 0 bridgehead atoms. The van der Waals surface area contributed by atoms with Crippen LogP contribution >= 0.6 is 35.0 Å². The zero-order valence-electron chi connectivity index (χ0n) is 13.1. The lowest BCUT2D eigenvalue weighted by atomic mass is 10.0. The number of H-pyrrole nitrogens is 1. The molecule has 6 heteroatoms. The van der Waals surface area contributed by atoms with Crippen molar-refractivity contribution >= 4 is 51.6 Å². The minimum Gasteiger partial charge on any atom is -0.362 e. The van der Waals surface area contributed by atoms with Crippen LogP contribution in [-0.4, -0.2) is 29.6 Å². The summed E-state index contributed by atoms with van der Waals surface area (Å²) in [4.78, 5) is 16.1. The van der Waals surface area contributed by atoms with E-state index in [1.807, 2.05) is 48.7 Å².